The van der Waals surface area contributed by atoms with Gasteiger partial charge in [-0.3, -0.25) is 9.48 Å². The zero-order chi connectivity index (χ0) is 18.3. The summed E-state index contributed by atoms with van der Waals surface area (Å²) in [5.41, 5.74) is 2.91. The molecule has 1 aromatic carbocycles. The molecule has 0 atom stereocenters. The number of oxazole rings is 1. The molecule has 1 aliphatic rings. The molecule has 2 aromatic heterocycles. The van der Waals surface area contributed by atoms with Crippen LogP contribution in [0.1, 0.15) is 29.0 Å². The van der Waals surface area contributed by atoms with Crippen LogP contribution in [0.5, 0.6) is 0 Å². The second-order valence-electron chi connectivity index (χ2n) is 6.64. The molecular weight excluding hydrogens is 354 g/mol. The third-order valence-corrected chi connectivity index (χ3v) is 5.02. The van der Waals surface area contributed by atoms with Crippen LogP contribution >= 0.6 is 11.6 Å². The lowest BCUT2D eigenvalue weighted by atomic mass is 10.1. The summed E-state index contributed by atoms with van der Waals surface area (Å²) in [6, 6.07) is 7.95. The number of aromatic nitrogens is 3. The largest absolute Gasteiger partial charge is 0.423 e. The van der Waals surface area contributed by atoms with Crippen LogP contribution in [0.3, 0.4) is 0 Å². The van der Waals surface area contributed by atoms with E-state index in [0.29, 0.717) is 16.7 Å². The van der Waals surface area contributed by atoms with Crippen molar-refractivity contribution in [2.24, 2.45) is 7.05 Å². The highest BCUT2D eigenvalue weighted by Crippen LogP contribution is 2.26. The Morgan fingerprint density at radius 2 is 2.08 bits per heavy atom. The minimum atomic E-state index is -0.122. The number of anilines is 1. The van der Waals surface area contributed by atoms with E-state index in [-0.39, 0.29) is 11.9 Å². The number of halogens is 1. The number of rotatable bonds is 3. The molecule has 0 saturated carbocycles. The van der Waals surface area contributed by atoms with Crippen molar-refractivity contribution < 1.29 is 9.21 Å². The molecule has 8 heteroatoms. The van der Waals surface area contributed by atoms with Gasteiger partial charge in [-0.2, -0.15) is 10.1 Å². The predicted molar refractivity (Wildman–Crippen MR) is 99.7 cm³/mol. The van der Waals surface area contributed by atoms with E-state index in [0.717, 1.165) is 42.7 Å². The molecule has 26 heavy (non-hydrogen) atoms. The molecule has 1 fully saturated rings. The molecule has 3 heterocycles. The van der Waals surface area contributed by atoms with Gasteiger partial charge >= 0.3 is 0 Å². The van der Waals surface area contributed by atoms with Gasteiger partial charge in [-0.25, -0.2) is 0 Å². The highest BCUT2D eigenvalue weighted by atomic mass is 35.5. The fourth-order valence-corrected chi connectivity index (χ4v) is 3.34. The monoisotopic (exact) mass is 373 g/mol. The number of benzene rings is 1. The first-order chi connectivity index (χ1) is 12.5. The van der Waals surface area contributed by atoms with Gasteiger partial charge in [0.1, 0.15) is 11.2 Å². The molecule has 136 valence electrons. The van der Waals surface area contributed by atoms with Gasteiger partial charge in [-0.15, -0.1) is 0 Å². The Kier molecular flexibility index (Phi) is 4.32. The number of amides is 1. The summed E-state index contributed by atoms with van der Waals surface area (Å²) in [6.45, 7) is 3.47. The van der Waals surface area contributed by atoms with E-state index in [4.69, 9.17) is 16.0 Å². The Labute approximate surface area is 155 Å². The third kappa shape index (κ3) is 3.26. The minimum Gasteiger partial charge on any atom is -0.423 e. The fourth-order valence-electron chi connectivity index (χ4n) is 3.17. The zero-order valence-electron chi connectivity index (χ0n) is 14.7. The van der Waals surface area contributed by atoms with Crippen molar-refractivity contribution in [3.63, 3.8) is 0 Å². The molecule has 3 aromatic rings. The number of aryl methyl sites for hydroxylation is 2. The van der Waals surface area contributed by atoms with Crippen molar-refractivity contribution in [1.82, 2.24) is 20.1 Å². The SMILES string of the molecule is Cc1cc(C(=O)NC2CCN(c3nc4cc(Cl)ccc4o3)CC2)nn1C. The van der Waals surface area contributed by atoms with Gasteiger partial charge in [0, 0.05) is 36.9 Å². The number of carbonyl (C=O) groups excluding carboxylic acids is 1. The van der Waals surface area contributed by atoms with E-state index >= 15 is 0 Å². The van der Waals surface area contributed by atoms with Gasteiger partial charge in [0.05, 0.1) is 0 Å². The quantitative estimate of drug-likeness (QED) is 0.763. The Morgan fingerprint density at radius 1 is 1.31 bits per heavy atom. The minimum absolute atomic E-state index is 0.122. The van der Waals surface area contributed by atoms with Crippen molar-refractivity contribution >= 4 is 34.6 Å². The predicted octanol–water partition coefficient (Wildman–Crippen LogP) is 2.92. The van der Waals surface area contributed by atoms with Crippen LogP contribution in [0.15, 0.2) is 28.7 Å². The maximum absolute atomic E-state index is 12.3. The molecule has 0 spiro atoms. The van der Waals surface area contributed by atoms with Crippen LogP contribution in [0.4, 0.5) is 6.01 Å². The van der Waals surface area contributed by atoms with Crippen LogP contribution in [-0.2, 0) is 7.05 Å². The second kappa shape index (κ2) is 6.64. The standard InChI is InChI=1S/C18H20ClN5O2/c1-11-9-15(22-23(11)2)17(25)20-13-5-7-24(8-6-13)18-21-14-10-12(19)3-4-16(14)26-18/h3-4,9-10,13H,5-8H2,1-2H3,(H,20,25). The Morgan fingerprint density at radius 3 is 2.77 bits per heavy atom. The van der Waals surface area contributed by atoms with Crippen LogP contribution in [0.25, 0.3) is 11.1 Å². The van der Waals surface area contributed by atoms with Crippen molar-refractivity contribution in [2.75, 3.05) is 18.0 Å². The molecular formula is C18H20ClN5O2. The van der Waals surface area contributed by atoms with Gasteiger partial charge < -0.3 is 14.6 Å². The van der Waals surface area contributed by atoms with Gasteiger partial charge in [0.25, 0.3) is 11.9 Å². The molecule has 1 N–H and O–H groups in total. The first kappa shape index (κ1) is 16.9. The third-order valence-electron chi connectivity index (χ3n) is 4.79. The molecule has 1 amide bonds. The second-order valence-corrected chi connectivity index (χ2v) is 7.07. The topological polar surface area (TPSA) is 76.2 Å². The number of carbonyl (C=O) groups is 1. The lowest BCUT2D eigenvalue weighted by Gasteiger charge is -2.31. The van der Waals surface area contributed by atoms with E-state index in [1.807, 2.05) is 20.0 Å². The number of nitrogens with one attached hydrogen (secondary N) is 1. The van der Waals surface area contributed by atoms with Crippen LogP contribution in [0, 0.1) is 6.92 Å². The van der Waals surface area contributed by atoms with Gasteiger partial charge in [-0.1, -0.05) is 11.6 Å². The summed E-state index contributed by atoms with van der Waals surface area (Å²) in [6.07, 6.45) is 1.66. The highest BCUT2D eigenvalue weighted by Gasteiger charge is 2.25. The van der Waals surface area contributed by atoms with Crippen molar-refractivity contribution in [2.45, 2.75) is 25.8 Å². The van der Waals surface area contributed by atoms with Crippen LogP contribution < -0.4 is 10.2 Å². The number of hydrogen-bond donors (Lipinski definition) is 1. The molecule has 4 rings (SSSR count). The first-order valence-electron chi connectivity index (χ1n) is 8.62. The Balaban J connectivity index is 1.38. The number of fused-ring (bicyclic) bond motifs is 1. The Bertz CT molecular complexity index is 936. The van der Waals surface area contributed by atoms with E-state index in [1.165, 1.54) is 0 Å². The summed E-state index contributed by atoms with van der Waals surface area (Å²) in [4.78, 5) is 19.0. The zero-order valence-corrected chi connectivity index (χ0v) is 15.5. The van der Waals surface area contributed by atoms with E-state index in [1.54, 1.807) is 22.9 Å². The summed E-state index contributed by atoms with van der Waals surface area (Å²) < 4.78 is 7.53. The van der Waals surface area contributed by atoms with Crippen molar-refractivity contribution in [3.8, 4) is 0 Å². The summed E-state index contributed by atoms with van der Waals surface area (Å²) in [7, 11) is 1.83. The van der Waals surface area contributed by atoms with E-state index in [9.17, 15) is 4.79 Å². The first-order valence-corrected chi connectivity index (χ1v) is 9.00. The number of nitrogens with zero attached hydrogens (tertiary/aromatic N) is 4. The average Bonchev–Trinajstić information content (AvgIpc) is 3.19. The molecule has 7 nitrogen and oxygen atoms in total. The number of hydrogen-bond acceptors (Lipinski definition) is 5. The molecule has 1 saturated heterocycles. The maximum Gasteiger partial charge on any atom is 0.298 e. The van der Waals surface area contributed by atoms with Crippen molar-refractivity contribution in [1.29, 1.82) is 0 Å². The van der Waals surface area contributed by atoms with E-state index < -0.39 is 0 Å². The molecule has 0 unspecified atom stereocenters. The maximum atomic E-state index is 12.3. The van der Waals surface area contributed by atoms with Gasteiger partial charge in [0.15, 0.2) is 5.58 Å². The van der Waals surface area contributed by atoms with E-state index in [2.05, 4.69) is 20.3 Å². The number of piperidine rings is 1. The van der Waals surface area contributed by atoms with Gasteiger partial charge in [-0.05, 0) is 44.0 Å². The summed E-state index contributed by atoms with van der Waals surface area (Å²) in [5, 5.41) is 7.94. The molecule has 0 aliphatic carbocycles. The normalized spacial score (nSPS) is 15.6. The van der Waals surface area contributed by atoms with Crippen LogP contribution in [0.2, 0.25) is 5.02 Å². The molecule has 0 bridgehead atoms. The van der Waals surface area contributed by atoms with Gasteiger partial charge in [0.2, 0.25) is 0 Å². The van der Waals surface area contributed by atoms with Crippen LogP contribution in [-0.4, -0.2) is 39.8 Å². The fraction of sp³-hybridized carbons (Fsp3) is 0.389. The molecule has 1 aliphatic heterocycles. The molecule has 0 radical (unpaired) electrons. The van der Waals surface area contributed by atoms with Crippen molar-refractivity contribution in [3.05, 3.63) is 40.7 Å². The average molecular weight is 374 g/mol. The smallest absolute Gasteiger partial charge is 0.298 e. The summed E-state index contributed by atoms with van der Waals surface area (Å²) >= 11 is 6.00. The highest BCUT2D eigenvalue weighted by molar-refractivity contribution is 6.31. The summed E-state index contributed by atoms with van der Waals surface area (Å²) in [5.74, 6) is -0.122. The Hall–Kier alpha value is -2.54. The lowest BCUT2D eigenvalue weighted by Crippen LogP contribution is -2.45. The lowest BCUT2D eigenvalue weighted by molar-refractivity contribution is 0.0925.